The summed E-state index contributed by atoms with van der Waals surface area (Å²) < 4.78 is 1.30. The summed E-state index contributed by atoms with van der Waals surface area (Å²) in [4.78, 5) is 2.53. The molecule has 1 aliphatic carbocycles. The minimum absolute atomic E-state index is 0.231. The number of benzene rings is 2. The highest BCUT2D eigenvalue weighted by Gasteiger charge is 2.33. The molecule has 1 fully saturated rings. The van der Waals surface area contributed by atoms with E-state index < -0.39 is 0 Å². The summed E-state index contributed by atoms with van der Waals surface area (Å²) in [5, 5.41) is 10.7. The van der Waals surface area contributed by atoms with E-state index >= 15 is 0 Å². The third kappa shape index (κ3) is 3.39. The topological polar surface area (TPSA) is 23.5 Å². The maximum absolute atomic E-state index is 10.7. The Labute approximate surface area is 158 Å². The second kappa shape index (κ2) is 7.14. The normalized spacial score (nSPS) is 25.4. The van der Waals surface area contributed by atoms with Crippen LogP contribution in [0.2, 0.25) is 0 Å². The van der Waals surface area contributed by atoms with E-state index in [1.165, 1.54) is 33.1 Å². The number of hydrogen-bond donors (Lipinski definition) is 1. The van der Waals surface area contributed by atoms with E-state index in [4.69, 9.17) is 0 Å². The summed E-state index contributed by atoms with van der Waals surface area (Å²) >= 11 is 2.39. The quantitative estimate of drug-likeness (QED) is 0.727. The lowest BCUT2D eigenvalue weighted by Crippen LogP contribution is -2.50. The van der Waals surface area contributed by atoms with Crippen molar-refractivity contribution in [3.63, 3.8) is 0 Å². The lowest BCUT2D eigenvalue weighted by molar-refractivity contribution is 0.0294. The van der Waals surface area contributed by atoms with Crippen LogP contribution in [0.1, 0.15) is 35.4 Å². The van der Waals surface area contributed by atoms with E-state index in [0.717, 1.165) is 25.9 Å². The van der Waals surface area contributed by atoms with Gasteiger partial charge >= 0.3 is 0 Å². The smallest absolute Gasteiger partial charge is 0.0738 e. The standard InChI is InChI=1S/C21H24INO/c22-19-7-6-17-14-21(24)20(13-18(17)12-19)23-10-8-16(9-11-23)15-4-2-1-3-5-15/h1-7,12,16,20-21,24H,8-11,13-14H2/t20-,21-/m1/s1/i22-2. The molecule has 1 saturated heterocycles. The molecule has 0 spiro atoms. The molecule has 2 atom stereocenters. The molecule has 0 amide bonds. The van der Waals surface area contributed by atoms with Crippen molar-refractivity contribution in [1.82, 2.24) is 4.90 Å². The van der Waals surface area contributed by atoms with Crippen molar-refractivity contribution in [2.24, 2.45) is 0 Å². The molecule has 0 bridgehead atoms. The second-order valence-corrected chi connectivity index (χ2v) is 8.42. The molecule has 1 N–H and O–H groups in total. The molecular formula is C21H24INO. The summed E-state index contributed by atoms with van der Waals surface area (Å²) in [5.41, 5.74) is 4.24. The zero-order valence-corrected chi connectivity index (χ0v) is 16.0. The summed E-state index contributed by atoms with van der Waals surface area (Å²) in [5.74, 6) is 0.677. The van der Waals surface area contributed by atoms with Crippen molar-refractivity contribution in [3.05, 3.63) is 68.8 Å². The highest BCUT2D eigenvalue weighted by atomic mass is 125. The molecule has 126 valence electrons. The van der Waals surface area contributed by atoms with Gasteiger partial charge in [-0.3, -0.25) is 4.90 Å². The Balaban J connectivity index is 1.44. The van der Waals surface area contributed by atoms with Gasteiger partial charge in [-0.15, -0.1) is 0 Å². The number of hydrogen-bond acceptors (Lipinski definition) is 2. The van der Waals surface area contributed by atoms with Gasteiger partial charge in [-0.1, -0.05) is 36.4 Å². The third-order valence-electron chi connectivity index (χ3n) is 5.74. The average molecular weight is 431 g/mol. The molecular weight excluding hydrogens is 407 g/mol. The van der Waals surface area contributed by atoms with Gasteiger partial charge in [0, 0.05) is 16.0 Å². The first kappa shape index (κ1) is 16.6. The minimum atomic E-state index is -0.231. The molecule has 3 heteroatoms. The molecule has 0 saturated carbocycles. The lowest BCUT2D eigenvalue weighted by Gasteiger charge is -2.42. The number of nitrogens with zero attached hydrogens (tertiary/aromatic N) is 1. The average Bonchev–Trinajstić information content (AvgIpc) is 2.62. The fourth-order valence-electron chi connectivity index (χ4n) is 4.37. The Morgan fingerprint density at radius 2 is 1.67 bits per heavy atom. The number of halogens is 1. The van der Waals surface area contributed by atoms with Crippen molar-refractivity contribution < 1.29 is 5.11 Å². The van der Waals surface area contributed by atoms with E-state index in [1.54, 1.807) is 0 Å². The van der Waals surface area contributed by atoms with Gasteiger partial charge in [0.1, 0.15) is 0 Å². The second-order valence-electron chi connectivity index (χ2n) is 7.18. The first-order chi connectivity index (χ1) is 11.7. The van der Waals surface area contributed by atoms with Gasteiger partial charge in [0.2, 0.25) is 0 Å². The van der Waals surface area contributed by atoms with Crippen molar-refractivity contribution in [2.75, 3.05) is 13.1 Å². The number of aliphatic hydroxyl groups excluding tert-OH is 1. The van der Waals surface area contributed by atoms with Gasteiger partial charge in [-0.25, -0.2) is 0 Å². The Morgan fingerprint density at radius 1 is 0.917 bits per heavy atom. The summed E-state index contributed by atoms with van der Waals surface area (Å²) in [6, 6.07) is 17.8. The van der Waals surface area contributed by atoms with E-state index in [9.17, 15) is 5.11 Å². The highest BCUT2D eigenvalue weighted by Crippen LogP contribution is 2.32. The molecule has 0 radical (unpaired) electrons. The largest absolute Gasteiger partial charge is 0.391 e. The molecule has 4 rings (SSSR count). The van der Waals surface area contributed by atoms with Crippen LogP contribution in [0.25, 0.3) is 0 Å². The SMILES string of the molecule is O[C@@H]1Cc2ccc([125I])cc2C[C@H]1N1CCC(c2ccccc2)CC1. The Bertz CT molecular complexity index is 694. The molecule has 1 heterocycles. The van der Waals surface area contributed by atoms with Crippen molar-refractivity contribution in [3.8, 4) is 0 Å². The van der Waals surface area contributed by atoms with E-state index in [2.05, 4.69) is 76.0 Å². The first-order valence-corrected chi connectivity index (χ1v) is 10.0. The van der Waals surface area contributed by atoms with E-state index in [-0.39, 0.29) is 12.1 Å². The molecule has 1 aliphatic heterocycles. The van der Waals surface area contributed by atoms with Crippen LogP contribution in [0.3, 0.4) is 0 Å². The lowest BCUT2D eigenvalue weighted by atomic mass is 9.83. The number of fused-ring (bicyclic) bond motifs is 1. The van der Waals surface area contributed by atoms with Crippen LogP contribution in [0.4, 0.5) is 0 Å². The molecule has 0 aromatic heterocycles. The number of aliphatic hydroxyl groups is 1. The van der Waals surface area contributed by atoms with Gasteiger partial charge in [0.25, 0.3) is 0 Å². The van der Waals surface area contributed by atoms with Crippen molar-refractivity contribution in [2.45, 2.75) is 43.7 Å². The van der Waals surface area contributed by atoms with Crippen LogP contribution >= 0.6 is 22.6 Å². The van der Waals surface area contributed by atoms with Crippen LogP contribution in [-0.2, 0) is 12.8 Å². The van der Waals surface area contributed by atoms with E-state index in [1.807, 2.05) is 0 Å². The molecule has 2 aromatic rings. The van der Waals surface area contributed by atoms with Gasteiger partial charge in [0.05, 0.1) is 6.10 Å². The number of rotatable bonds is 2. The Kier molecular flexibility index (Phi) is 4.93. The zero-order valence-electron chi connectivity index (χ0n) is 13.9. The number of likely N-dealkylation sites (tertiary alicyclic amines) is 1. The van der Waals surface area contributed by atoms with Crippen molar-refractivity contribution in [1.29, 1.82) is 0 Å². The summed E-state index contributed by atoms with van der Waals surface area (Å²) in [6.07, 6.45) is 3.96. The van der Waals surface area contributed by atoms with E-state index in [0.29, 0.717) is 5.92 Å². The fraction of sp³-hybridized carbons (Fsp3) is 0.429. The van der Waals surface area contributed by atoms with Crippen molar-refractivity contribution >= 4 is 22.6 Å². The molecule has 0 unspecified atom stereocenters. The minimum Gasteiger partial charge on any atom is -0.391 e. The van der Waals surface area contributed by atoms with Crippen LogP contribution in [0.5, 0.6) is 0 Å². The molecule has 2 nitrogen and oxygen atoms in total. The van der Waals surface area contributed by atoms with Gasteiger partial charge in [-0.2, -0.15) is 0 Å². The van der Waals surface area contributed by atoms with Crippen LogP contribution in [0, 0.1) is 3.57 Å². The van der Waals surface area contributed by atoms with Gasteiger partial charge in [-0.05, 0) is 89.7 Å². The van der Waals surface area contributed by atoms with Gasteiger partial charge in [0.15, 0.2) is 0 Å². The van der Waals surface area contributed by atoms with Crippen LogP contribution in [0.15, 0.2) is 48.5 Å². The molecule has 2 aliphatic rings. The number of piperidine rings is 1. The predicted octanol–water partition coefficient (Wildman–Crippen LogP) is 4.00. The molecule has 2 aromatic carbocycles. The fourth-order valence-corrected chi connectivity index (χ4v) is 4.92. The summed E-state index contributed by atoms with van der Waals surface area (Å²) in [7, 11) is 0. The Hall–Kier alpha value is -0.910. The maximum Gasteiger partial charge on any atom is 0.0738 e. The maximum atomic E-state index is 10.7. The van der Waals surface area contributed by atoms with Crippen LogP contribution in [-0.4, -0.2) is 35.2 Å². The Morgan fingerprint density at radius 3 is 2.42 bits per heavy atom. The monoisotopic (exact) mass is 431 g/mol. The molecule has 24 heavy (non-hydrogen) atoms. The van der Waals surface area contributed by atoms with Crippen LogP contribution < -0.4 is 0 Å². The first-order valence-electron chi connectivity index (χ1n) is 8.95. The predicted molar refractivity (Wildman–Crippen MR) is 106 cm³/mol. The highest BCUT2D eigenvalue weighted by molar-refractivity contribution is 14.1. The third-order valence-corrected chi connectivity index (χ3v) is 6.41. The summed E-state index contributed by atoms with van der Waals surface area (Å²) in [6.45, 7) is 2.20. The zero-order chi connectivity index (χ0) is 16.5. The van der Waals surface area contributed by atoms with Gasteiger partial charge < -0.3 is 5.11 Å².